The lowest BCUT2D eigenvalue weighted by Crippen LogP contribution is -3.26. The molecule has 0 spiro atoms. The molecule has 2 N–H and O–H groups in total. The van der Waals surface area contributed by atoms with Gasteiger partial charge in [-0.05, 0) is 103 Å². The molecule has 4 saturated carbocycles. The van der Waals surface area contributed by atoms with E-state index >= 15 is 0 Å². The fourth-order valence-corrected chi connectivity index (χ4v) is 7.67. The first-order chi connectivity index (χ1) is 13.9. The highest BCUT2D eigenvalue weighted by molar-refractivity contribution is 4.72. The summed E-state index contributed by atoms with van der Waals surface area (Å²) in [5, 5.41) is 0. The predicted molar refractivity (Wildman–Crippen MR) is 119 cm³/mol. The summed E-state index contributed by atoms with van der Waals surface area (Å²) < 4.78 is 0. The van der Waals surface area contributed by atoms with Crippen LogP contribution in [0.25, 0.3) is 0 Å². The molecule has 0 unspecified atom stereocenters. The van der Waals surface area contributed by atoms with Crippen LogP contribution in [0, 0.1) is 0 Å². The van der Waals surface area contributed by atoms with Gasteiger partial charge < -0.3 is 43.8 Å². The van der Waals surface area contributed by atoms with E-state index in [-0.39, 0.29) is 34.0 Å². The maximum atomic E-state index is 2.09. The zero-order valence-electron chi connectivity index (χ0n) is 19.6. The Kier molecular flexibility index (Phi) is 13.5. The Morgan fingerprint density at radius 1 is 0.333 bits per heavy atom. The Hall–Kier alpha value is 0.880. The van der Waals surface area contributed by atoms with Crippen molar-refractivity contribution in [2.45, 2.75) is 153 Å². The summed E-state index contributed by atoms with van der Waals surface area (Å²) in [7, 11) is 0. The molecule has 4 aliphatic carbocycles. The van der Waals surface area contributed by atoms with Crippen LogP contribution in [0.15, 0.2) is 0 Å². The van der Waals surface area contributed by atoms with Gasteiger partial charge in [-0.3, -0.25) is 0 Å². The molecule has 4 rings (SSSR count). The van der Waals surface area contributed by atoms with Gasteiger partial charge in [0, 0.05) is 0 Å². The van der Waals surface area contributed by atoms with Crippen LogP contribution in [-0.2, 0) is 0 Å². The highest BCUT2D eigenvalue weighted by Gasteiger charge is 2.36. The van der Waals surface area contributed by atoms with Crippen molar-refractivity contribution in [3.8, 4) is 0 Å². The van der Waals surface area contributed by atoms with Crippen molar-refractivity contribution in [3.05, 3.63) is 0 Å². The first-order valence-corrected chi connectivity index (χ1v) is 13.6. The van der Waals surface area contributed by atoms with Gasteiger partial charge in [-0.25, -0.2) is 0 Å². The molecule has 0 bridgehead atoms. The molecule has 4 heteroatoms. The topological polar surface area (TPSA) is 8.88 Å². The van der Waals surface area contributed by atoms with Crippen molar-refractivity contribution in [1.82, 2.24) is 0 Å². The SMILES string of the molecule is C1CCC([NH+](CC[NH+](C2CCCCC2)C2CCCCC2)C2CCCCC2)CC1.[Br-].[Br-]. The highest BCUT2D eigenvalue weighted by Crippen LogP contribution is 2.21. The van der Waals surface area contributed by atoms with Crippen molar-refractivity contribution in [3.63, 3.8) is 0 Å². The Labute approximate surface area is 208 Å². The van der Waals surface area contributed by atoms with E-state index in [0.717, 1.165) is 24.2 Å². The Morgan fingerprint density at radius 2 is 0.533 bits per heavy atom. The van der Waals surface area contributed by atoms with Gasteiger partial charge in [0.15, 0.2) is 0 Å². The quantitative estimate of drug-likeness (QED) is 0.367. The van der Waals surface area contributed by atoms with Gasteiger partial charge in [-0.2, -0.15) is 0 Å². The van der Waals surface area contributed by atoms with Crippen LogP contribution in [0.4, 0.5) is 0 Å². The van der Waals surface area contributed by atoms with E-state index in [9.17, 15) is 0 Å². The Balaban J connectivity index is 0.00000160. The average Bonchev–Trinajstić information content (AvgIpc) is 2.79. The molecule has 4 aliphatic rings. The second-order valence-electron chi connectivity index (χ2n) is 11.0. The minimum atomic E-state index is 0. The van der Waals surface area contributed by atoms with Crippen LogP contribution in [0.3, 0.4) is 0 Å². The number of quaternary nitrogens is 2. The molecule has 2 nitrogen and oxygen atoms in total. The van der Waals surface area contributed by atoms with Crippen LogP contribution in [0.1, 0.15) is 128 Å². The molecule has 0 radical (unpaired) electrons. The molecule has 30 heavy (non-hydrogen) atoms. The summed E-state index contributed by atoms with van der Waals surface area (Å²) in [5.74, 6) is 0. The third kappa shape index (κ3) is 7.73. The van der Waals surface area contributed by atoms with Crippen molar-refractivity contribution < 1.29 is 43.8 Å². The third-order valence-electron chi connectivity index (χ3n) is 9.22. The van der Waals surface area contributed by atoms with Gasteiger partial charge in [0.25, 0.3) is 0 Å². The minimum Gasteiger partial charge on any atom is -1.00 e. The predicted octanol–water partition coefficient (Wildman–Crippen LogP) is -1.90. The molecule has 4 fully saturated rings. The molecule has 0 aliphatic heterocycles. The highest BCUT2D eigenvalue weighted by atomic mass is 79.9. The lowest BCUT2D eigenvalue weighted by Gasteiger charge is -2.42. The van der Waals surface area contributed by atoms with Crippen molar-refractivity contribution in [1.29, 1.82) is 0 Å². The molecule has 0 saturated heterocycles. The molecule has 0 aromatic heterocycles. The maximum absolute atomic E-state index is 2.09. The summed E-state index contributed by atoms with van der Waals surface area (Å²) in [6, 6.07) is 4.04. The average molecular weight is 551 g/mol. The minimum absolute atomic E-state index is 0. The lowest BCUT2D eigenvalue weighted by atomic mass is 9.87. The van der Waals surface area contributed by atoms with Gasteiger partial charge in [0.05, 0.1) is 24.2 Å². The zero-order chi connectivity index (χ0) is 19.0. The summed E-state index contributed by atoms with van der Waals surface area (Å²) in [6.07, 6.45) is 30.5. The second kappa shape index (κ2) is 14.9. The number of halogens is 2. The monoisotopic (exact) mass is 548 g/mol. The van der Waals surface area contributed by atoms with Gasteiger partial charge in [-0.15, -0.1) is 0 Å². The summed E-state index contributed by atoms with van der Waals surface area (Å²) in [5.41, 5.74) is 0. The van der Waals surface area contributed by atoms with E-state index in [1.54, 1.807) is 0 Å². The standard InChI is InChI=1S/C26H48N2.2BrH/c1-5-13-23(14-6-1)27(24-15-7-2-8-16-24)21-22-28(25-17-9-3-10-18-25)26-19-11-4-12-20-26;;/h23-26H,1-22H2;2*1H. The smallest absolute Gasteiger partial charge is 0.127 e. The maximum Gasteiger partial charge on any atom is 0.127 e. The molecule has 0 amide bonds. The number of rotatable bonds is 7. The first-order valence-electron chi connectivity index (χ1n) is 13.6. The number of hydrogen-bond donors (Lipinski definition) is 2. The van der Waals surface area contributed by atoms with E-state index in [0.29, 0.717) is 0 Å². The van der Waals surface area contributed by atoms with E-state index in [2.05, 4.69) is 9.80 Å². The van der Waals surface area contributed by atoms with E-state index in [1.165, 1.54) is 142 Å². The lowest BCUT2D eigenvalue weighted by molar-refractivity contribution is -1.01. The third-order valence-corrected chi connectivity index (χ3v) is 9.22. The molecular weight excluding hydrogens is 500 g/mol. The van der Waals surface area contributed by atoms with Gasteiger partial charge >= 0.3 is 0 Å². The molecule has 0 atom stereocenters. The normalized spacial score (nSPS) is 25.8. The summed E-state index contributed by atoms with van der Waals surface area (Å²) >= 11 is 0. The van der Waals surface area contributed by atoms with Crippen LogP contribution in [0.5, 0.6) is 0 Å². The van der Waals surface area contributed by atoms with Gasteiger partial charge in [-0.1, -0.05) is 25.7 Å². The summed E-state index contributed by atoms with van der Waals surface area (Å²) in [4.78, 5) is 4.17. The van der Waals surface area contributed by atoms with E-state index in [4.69, 9.17) is 0 Å². The molecule has 0 aromatic carbocycles. The second-order valence-corrected chi connectivity index (χ2v) is 11.0. The Bertz CT molecular complexity index is 347. The molecule has 0 aromatic rings. The molecule has 0 heterocycles. The molecular formula is C26H50Br2N2. The zero-order valence-corrected chi connectivity index (χ0v) is 22.8. The van der Waals surface area contributed by atoms with Crippen LogP contribution in [-0.4, -0.2) is 37.3 Å². The van der Waals surface area contributed by atoms with Crippen LogP contribution in [0.2, 0.25) is 0 Å². The van der Waals surface area contributed by atoms with E-state index < -0.39 is 0 Å². The van der Waals surface area contributed by atoms with Gasteiger partial charge in [0.2, 0.25) is 0 Å². The van der Waals surface area contributed by atoms with Crippen LogP contribution < -0.4 is 43.8 Å². The molecule has 178 valence electrons. The fourth-order valence-electron chi connectivity index (χ4n) is 7.67. The largest absolute Gasteiger partial charge is 1.00 e. The van der Waals surface area contributed by atoms with Crippen molar-refractivity contribution in [2.24, 2.45) is 0 Å². The van der Waals surface area contributed by atoms with Crippen LogP contribution >= 0.6 is 0 Å². The fraction of sp³-hybridized carbons (Fsp3) is 1.00. The number of hydrogen-bond acceptors (Lipinski definition) is 0. The van der Waals surface area contributed by atoms with E-state index in [1.807, 2.05) is 0 Å². The Morgan fingerprint density at radius 3 is 0.733 bits per heavy atom. The van der Waals surface area contributed by atoms with Crippen molar-refractivity contribution in [2.75, 3.05) is 13.1 Å². The van der Waals surface area contributed by atoms with Gasteiger partial charge in [0.1, 0.15) is 13.1 Å². The summed E-state index contributed by atoms with van der Waals surface area (Å²) in [6.45, 7) is 3.00. The number of nitrogens with one attached hydrogen (secondary N) is 2. The van der Waals surface area contributed by atoms with Crippen molar-refractivity contribution >= 4 is 0 Å². The first kappa shape index (κ1) is 27.1.